The number of rotatable bonds is 4. The molecule has 5 nitrogen and oxygen atoms in total. The van der Waals surface area contributed by atoms with Crippen molar-refractivity contribution in [3.8, 4) is 5.75 Å². The van der Waals surface area contributed by atoms with Crippen molar-refractivity contribution in [2.24, 2.45) is 0 Å². The van der Waals surface area contributed by atoms with E-state index in [-0.39, 0.29) is 5.69 Å². The molecule has 0 radical (unpaired) electrons. The Morgan fingerprint density at radius 1 is 1.50 bits per heavy atom. The molecule has 1 aromatic rings. The summed E-state index contributed by atoms with van der Waals surface area (Å²) in [5.74, 6) is -1.99. The van der Waals surface area contributed by atoms with Crippen molar-refractivity contribution in [2.75, 3.05) is 25.0 Å². The zero-order valence-electron chi connectivity index (χ0n) is 10.4. The van der Waals surface area contributed by atoms with Gasteiger partial charge in [0.25, 0.3) is 5.91 Å². The summed E-state index contributed by atoms with van der Waals surface area (Å²) in [4.78, 5) is 11.8. The van der Waals surface area contributed by atoms with Crippen LogP contribution in [0.5, 0.6) is 5.75 Å². The highest BCUT2D eigenvalue weighted by molar-refractivity contribution is 5.94. The predicted molar refractivity (Wildman–Crippen MR) is 64.3 cm³/mol. The van der Waals surface area contributed by atoms with E-state index in [1.807, 2.05) is 0 Å². The Labute approximate surface area is 113 Å². The van der Waals surface area contributed by atoms with Crippen molar-refractivity contribution >= 4 is 11.6 Å². The number of halogens is 3. The summed E-state index contributed by atoms with van der Waals surface area (Å²) in [5, 5.41) is 5.43. The number of amides is 1. The number of nitrogens with one attached hydrogen (secondary N) is 2. The van der Waals surface area contributed by atoms with E-state index in [1.54, 1.807) is 0 Å². The first-order chi connectivity index (χ1) is 9.56. The number of anilines is 1. The fourth-order valence-corrected chi connectivity index (χ4v) is 1.73. The lowest BCUT2D eigenvalue weighted by molar-refractivity contribution is -0.128. The van der Waals surface area contributed by atoms with Crippen LogP contribution in [0.4, 0.5) is 18.9 Å². The van der Waals surface area contributed by atoms with Crippen molar-refractivity contribution in [1.82, 2.24) is 5.32 Å². The highest BCUT2D eigenvalue weighted by atomic mass is 19.3. The first kappa shape index (κ1) is 14.6. The minimum atomic E-state index is -3.10. The molecule has 0 bridgehead atoms. The lowest BCUT2D eigenvalue weighted by Gasteiger charge is -2.22. The van der Waals surface area contributed by atoms with E-state index in [4.69, 9.17) is 4.74 Å². The average Bonchev–Trinajstić information content (AvgIpc) is 2.42. The normalized spacial score (nSPS) is 18.9. The Morgan fingerprint density at radius 2 is 2.30 bits per heavy atom. The van der Waals surface area contributed by atoms with Crippen molar-refractivity contribution in [3.63, 3.8) is 0 Å². The predicted octanol–water partition coefficient (Wildman–Crippen LogP) is 1.35. The Morgan fingerprint density at radius 3 is 2.90 bits per heavy atom. The monoisotopic (exact) mass is 290 g/mol. The van der Waals surface area contributed by atoms with Crippen LogP contribution in [0.15, 0.2) is 18.2 Å². The number of alkyl halides is 2. The quantitative estimate of drug-likeness (QED) is 0.879. The van der Waals surface area contributed by atoms with Crippen LogP contribution in [0, 0.1) is 5.82 Å². The second-order valence-corrected chi connectivity index (χ2v) is 4.08. The Kier molecular flexibility index (Phi) is 4.80. The number of benzene rings is 1. The SMILES string of the molecule is O=C(Nc1ccc(OC(F)F)c(F)c1)C1CNCCO1. The molecular weight excluding hydrogens is 277 g/mol. The Bertz CT molecular complexity index is 479. The number of morpholine rings is 1. The Balaban J connectivity index is 1.99. The van der Waals surface area contributed by atoms with Crippen molar-refractivity contribution in [3.05, 3.63) is 24.0 Å². The zero-order valence-corrected chi connectivity index (χ0v) is 10.4. The summed E-state index contributed by atoms with van der Waals surface area (Å²) >= 11 is 0. The minimum Gasteiger partial charge on any atom is -0.432 e. The molecule has 8 heteroatoms. The highest BCUT2D eigenvalue weighted by Gasteiger charge is 2.22. The molecular formula is C12H13F3N2O3. The van der Waals surface area contributed by atoms with Gasteiger partial charge in [0.2, 0.25) is 0 Å². The van der Waals surface area contributed by atoms with Gasteiger partial charge in [0.1, 0.15) is 6.10 Å². The minimum absolute atomic E-state index is 0.142. The van der Waals surface area contributed by atoms with Crippen LogP contribution in [0.3, 0.4) is 0 Å². The molecule has 0 aromatic heterocycles. The van der Waals surface area contributed by atoms with Crippen LogP contribution in [-0.2, 0) is 9.53 Å². The molecule has 1 saturated heterocycles. The van der Waals surface area contributed by atoms with Gasteiger partial charge in [-0.15, -0.1) is 0 Å². The Hall–Kier alpha value is -1.80. The zero-order chi connectivity index (χ0) is 14.5. The largest absolute Gasteiger partial charge is 0.432 e. The van der Waals surface area contributed by atoms with Gasteiger partial charge in [0.05, 0.1) is 6.61 Å². The molecule has 110 valence electrons. The molecule has 2 rings (SSSR count). The van der Waals surface area contributed by atoms with E-state index in [0.717, 1.165) is 12.1 Å². The molecule has 20 heavy (non-hydrogen) atoms. The maximum atomic E-state index is 13.4. The second-order valence-electron chi connectivity index (χ2n) is 4.08. The molecule has 2 N–H and O–H groups in total. The van der Waals surface area contributed by atoms with Crippen LogP contribution in [0.1, 0.15) is 0 Å². The molecule has 1 aliphatic rings. The second kappa shape index (κ2) is 6.58. The van der Waals surface area contributed by atoms with E-state index in [1.165, 1.54) is 6.07 Å². The molecule has 1 atom stereocenters. The molecule has 1 fully saturated rings. The van der Waals surface area contributed by atoms with E-state index in [2.05, 4.69) is 15.4 Å². The molecule has 0 spiro atoms. The molecule has 1 unspecified atom stereocenters. The third-order valence-corrected chi connectivity index (χ3v) is 2.64. The average molecular weight is 290 g/mol. The van der Waals surface area contributed by atoms with Crippen LogP contribution in [0.2, 0.25) is 0 Å². The van der Waals surface area contributed by atoms with E-state index in [9.17, 15) is 18.0 Å². The highest BCUT2D eigenvalue weighted by Crippen LogP contribution is 2.23. The van der Waals surface area contributed by atoms with Gasteiger partial charge in [0.15, 0.2) is 11.6 Å². The van der Waals surface area contributed by atoms with E-state index >= 15 is 0 Å². The maximum absolute atomic E-state index is 13.4. The summed E-state index contributed by atoms with van der Waals surface area (Å²) in [6.45, 7) is -1.67. The van der Waals surface area contributed by atoms with Crippen LogP contribution in [-0.4, -0.2) is 38.3 Å². The van der Waals surface area contributed by atoms with Crippen molar-refractivity contribution in [1.29, 1.82) is 0 Å². The lowest BCUT2D eigenvalue weighted by atomic mass is 10.2. The number of hydrogen-bond donors (Lipinski definition) is 2. The number of carbonyl (C=O) groups excluding carboxylic acids is 1. The first-order valence-electron chi connectivity index (χ1n) is 5.94. The van der Waals surface area contributed by atoms with Gasteiger partial charge in [-0.1, -0.05) is 0 Å². The van der Waals surface area contributed by atoms with Gasteiger partial charge in [-0.05, 0) is 12.1 Å². The van der Waals surface area contributed by atoms with Gasteiger partial charge < -0.3 is 20.1 Å². The molecule has 1 aromatic carbocycles. The molecule has 1 heterocycles. The third kappa shape index (κ3) is 3.84. The van der Waals surface area contributed by atoms with E-state index in [0.29, 0.717) is 19.7 Å². The van der Waals surface area contributed by atoms with Crippen LogP contribution in [0.25, 0.3) is 0 Å². The van der Waals surface area contributed by atoms with E-state index < -0.39 is 30.2 Å². The summed E-state index contributed by atoms with van der Waals surface area (Å²) in [7, 11) is 0. The van der Waals surface area contributed by atoms with Gasteiger partial charge in [0, 0.05) is 24.8 Å². The standard InChI is InChI=1S/C12H13F3N2O3/c13-8-5-7(1-2-9(8)20-12(14)15)17-11(18)10-6-16-3-4-19-10/h1-2,5,10,12,16H,3-4,6H2,(H,17,18). The summed E-state index contributed by atoms with van der Waals surface area (Å²) in [6, 6.07) is 3.21. The number of carbonyl (C=O) groups is 1. The first-order valence-corrected chi connectivity index (χ1v) is 5.94. The number of hydrogen-bond acceptors (Lipinski definition) is 4. The van der Waals surface area contributed by atoms with Gasteiger partial charge in [-0.3, -0.25) is 4.79 Å². The van der Waals surface area contributed by atoms with Gasteiger partial charge >= 0.3 is 6.61 Å². The molecule has 1 aliphatic heterocycles. The van der Waals surface area contributed by atoms with Crippen molar-refractivity contribution < 1.29 is 27.4 Å². The molecule has 0 aliphatic carbocycles. The number of ether oxygens (including phenoxy) is 2. The van der Waals surface area contributed by atoms with Gasteiger partial charge in [-0.25, -0.2) is 4.39 Å². The topological polar surface area (TPSA) is 59.6 Å². The fraction of sp³-hybridized carbons (Fsp3) is 0.417. The summed E-state index contributed by atoms with van der Waals surface area (Å²) in [5.41, 5.74) is 0.142. The fourth-order valence-electron chi connectivity index (χ4n) is 1.73. The lowest BCUT2D eigenvalue weighted by Crippen LogP contribution is -2.45. The summed E-state index contributed by atoms with van der Waals surface area (Å²) in [6.07, 6.45) is -0.663. The molecule has 1 amide bonds. The third-order valence-electron chi connectivity index (χ3n) is 2.64. The van der Waals surface area contributed by atoms with Crippen molar-refractivity contribution in [2.45, 2.75) is 12.7 Å². The molecule has 0 saturated carbocycles. The van der Waals surface area contributed by atoms with Crippen LogP contribution < -0.4 is 15.4 Å². The van der Waals surface area contributed by atoms with Crippen LogP contribution >= 0.6 is 0 Å². The van der Waals surface area contributed by atoms with Gasteiger partial charge in [-0.2, -0.15) is 8.78 Å². The summed E-state index contributed by atoms with van der Waals surface area (Å²) < 4.78 is 46.6. The maximum Gasteiger partial charge on any atom is 0.387 e. The smallest absolute Gasteiger partial charge is 0.387 e.